The van der Waals surface area contributed by atoms with E-state index < -0.39 is 17.8 Å². The van der Waals surface area contributed by atoms with Gasteiger partial charge in [-0.2, -0.15) is 0 Å². The quantitative estimate of drug-likeness (QED) is 0.242. The van der Waals surface area contributed by atoms with E-state index in [1.807, 2.05) is 0 Å². The molecule has 0 aromatic heterocycles. The molecular weight excluding hydrogens is 505 g/mol. The van der Waals surface area contributed by atoms with Gasteiger partial charge in [0.1, 0.15) is 23.9 Å². The van der Waals surface area contributed by atoms with Gasteiger partial charge in [0.15, 0.2) is 0 Å². The molecule has 0 atom stereocenters. The van der Waals surface area contributed by atoms with Crippen LogP contribution in [0.4, 0.5) is 4.39 Å². The summed E-state index contributed by atoms with van der Waals surface area (Å²) < 4.78 is 25.8. The minimum atomic E-state index is -0.961. The second-order valence-electron chi connectivity index (χ2n) is 9.43. The number of aliphatic carboxylic acids is 2. The van der Waals surface area contributed by atoms with Gasteiger partial charge in [0.2, 0.25) is 0 Å². The van der Waals surface area contributed by atoms with Crippen LogP contribution in [0.1, 0.15) is 53.6 Å². The SMILES string of the molecule is O=C(O)CCCOc1cccc(COc2cc(C(=O)NC3CC3)cc(-c3cccc(F)c3)c2)c1CCC(=O)O. The number of nitrogens with one attached hydrogen (secondary N) is 1. The van der Waals surface area contributed by atoms with Gasteiger partial charge in [-0.15, -0.1) is 0 Å². The Morgan fingerprint density at radius 3 is 2.38 bits per heavy atom. The first-order valence-electron chi connectivity index (χ1n) is 12.8. The molecule has 0 unspecified atom stereocenters. The fourth-order valence-corrected chi connectivity index (χ4v) is 4.11. The lowest BCUT2D eigenvalue weighted by Gasteiger charge is -2.17. The van der Waals surface area contributed by atoms with E-state index in [1.165, 1.54) is 12.1 Å². The number of amides is 1. The van der Waals surface area contributed by atoms with Crippen LogP contribution in [0.15, 0.2) is 60.7 Å². The number of carboxylic acids is 2. The molecule has 204 valence electrons. The topological polar surface area (TPSA) is 122 Å². The number of carbonyl (C=O) groups is 3. The molecule has 39 heavy (non-hydrogen) atoms. The standard InChI is InChI=1S/C30H30FNO7/c31-23-6-1-4-19(15-23)21-14-22(30(37)32-24-9-10-24)17-25(16-21)39-18-20-5-2-7-27(26(20)11-12-29(35)36)38-13-3-8-28(33)34/h1-2,4-7,14-17,24H,3,8-13,18H2,(H,32,37)(H,33,34)(H,35,36). The molecular formula is C30H30FNO7. The van der Waals surface area contributed by atoms with Gasteiger partial charge in [-0.25, -0.2) is 4.39 Å². The zero-order valence-corrected chi connectivity index (χ0v) is 21.3. The lowest BCUT2D eigenvalue weighted by atomic mass is 10.0. The summed E-state index contributed by atoms with van der Waals surface area (Å²) in [5.41, 5.74) is 2.96. The summed E-state index contributed by atoms with van der Waals surface area (Å²) in [7, 11) is 0. The molecule has 1 aliphatic rings. The van der Waals surface area contributed by atoms with Crippen molar-refractivity contribution in [1.82, 2.24) is 5.32 Å². The van der Waals surface area contributed by atoms with Crippen LogP contribution >= 0.6 is 0 Å². The number of hydrogen-bond acceptors (Lipinski definition) is 5. The number of carbonyl (C=O) groups excluding carboxylic acids is 1. The maximum atomic E-state index is 13.9. The molecule has 0 aliphatic heterocycles. The van der Waals surface area contributed by atoms with Crippen LogP contribution in [-0.2, 0) is 22.6 Å². The highest BCUT2D eigenvalue weighted by Crippen LogP contribution is 2.30. The number of carboxylic acid groups (broad SMARTS) is 2. The van der Waals surface area contributed by atoms with Crippen molar-refractivity contribution < 1.29 is 38.5 Å². The van der Waals surface area contributed by atoms with Gasteiger partial charge in [-0.1, -0.05) is 24.3 Å². The molecule has 0 radical (unpaired) electrons. The Bertz CT molecular complexity index is 1350. The molecule has 0 saturated heterocycles. The van der Waals surface area contributed by atoms with Gasteiger partial charge >= 0.3 is 11.9 Å². The highest BCUT2D eigenvalue weighted by molar-refractivity contribution is 5.96. The van der Waals surface area contributed by atoms with Crippen LogP contribution in [0.3, 0.4) is 0 Å². The summed E-state index contributed by atoms with van der Waals surface area (Å²) >= 11 is 0. The fourth-order valence-electron chi connectivity index (χ4n) is 4.11. The molecule has 0 spiro atoms. The van der Waals surface area contributed by atoms with E-state index in [4.69, 9.17) is 14.6 Å². The van der Waals surface area contributed by atoms with Crippen LogP contribution in [-0.4, -0.2) is 40.7 Å². The predicted octanol–water partition coefficient (Wildman–Crippen LogP) is 5.22. The second kappa shape index (κ2) is 12.9. The van der Waals surface area contributed by atoms with Crippen LogP contribution < -0.4 is 14.8 Å². The smallest absolute Gasteiger partial charge is 0.303 e. The van der Waals surface area contributed by atoms with Crippen molar-refractivity contribution in [2.45, 2.75) is 51.2 Å². The van der Waals surface area contributed by atoms with Crippen molar-refractivity contribution in [3.05, 3.63) is 83.2 Å². The molecule has 1 amide bonds. The normalized spacial score (nSPS) is 12.5. The van der Waals surface area contributed by atoms with Crippen molar-refractivity contribution >= 4 is 17.8 Å². The molecule has 0 heterocycles. The molecule has 1 saturated carbocycles. The van der Waals surface area contributed by atoms with Gasteiger partial charge in [0.25, 0.3) is 5.91 Å². The van der Waals surface area contributed by atoms with Crippen molar-refractivity contribution in [2.75, 3.05) is 6.61 Å². The van der Waals surface area contributed by atoms with Crippen molar-refractivity contribution in [2.24, 2.45) is 0 Å². The van der Waals surface area contributed by atoms with E-state index >= 15 is 0 Å². The third kappa shape index (κ3) is 8.29. The molecule has 3 aromatic carbocycles. The van der Waals surface area contributed by atoms with Crippen molar-refractivity contribution in [3.8, 4) is 22.6 Å². The Hall–Kier alpha value is -4.40. The molecule has 3 aromatic rings. The monoisotopic (exact) mass is 535 g/mol. The Morgan fingerprint density at radius 1 is 0.897 bits per heavy atom. The van der Waals surface area contributed by atoms with Gasteiger partial charge in [-0.3, -0.25) is 14.4 Å². The zero-order valence-electron chi connectivity index (χ0n) is 21.3. The Balaban J connectivity index is 1.58. The van der Waals surface area contributed by atoms with Gasteiger partial charge in [0, 0.05) is 30.0 Å². The molecule has 8 nitrogen and oxygen atoms in total. The summed E-state index contributed by atoms with van der Waals surface area (Å²) in [5.74, 6) is -1.64. The number of ether oxygens (including phenoxy) is 2. The Kier molecular flexibility index (Phi) is 9.14. The van der Waals surface area contributed by atoms with Crippen LogP contribution in [0, 0.1) is 5.82 Å². The average Bonchev–Trinajstić information content (AvgIpc) is 3.72. The molecule has 4 rings (SSSR count). The van der Waals surface area contributed by atoms with E-state index in [-0.39, 0.29) is 44.4 Å². The van der Waals surface area contributed by atoms with Crippen molar-refractivity contribution in [3.63, 3.8) is 0 Å². The molecule has 1 aliphatic carbocycles. The summed E-state index contributed by atoms with van der Waals surface area (Å²) in [6, 6.07) is 16.6. The lowest BCUT2D eigenvalue weighted by Crippen LogP contribution is -2.25. The second-order valence-corrected chi connectivity index (χ2v) is 9.43. The number of rotatable bonds is 14. The molecule has 3 N–H and O–H groups in total. The predicted molar refractivity (Wildman–Crippen MR) is 141 cm³/mol. The average molecular weight is 536 g/mol. The minimum absolute atomic E-state index is 0.0361. The first-order chi connectivity index (χ1) is 18.8. The lowest BCUT2D eigenvalue weighted by molar-refractivity contribution is -0.138. The minimum Gasteiger partial charge on any atom is -0.493 e. The van der Waals surface area contributed by atoms with Crippen molar-refractivity contribution in [1.29, 1.82) is 0 Å². The first kappa shape index (κ1) is 27.6. The summed E-state index contributed by atoms with van der Waals surface area (Å²) in [6.45, 7) is 0.239. The third-order valence-corrected chi connectivity index (χ3v) is 6.25. The van der Waals surface area contributed by atoms with E-state index in [0.29, 0.717) is 45.7 Å². The first-order valence-corrected chi connectivity index (χ1v) is 12.8. The molecule has 1 fully saturated rings. The summed E-state index contributed by atoms with van der Waals surface area (Å²) in [5, 5.41) is 21.1. The summed E-state index contributed by atoms with van der Waals surface area (Å²) in [6.07, 6.45) is 2.22. The van der Waals surface area contributed by atoms with Crippen LogP contribution in [0.25, 0.3) is 11.1 Å². The van der Waals surface area contributed by atoms with E-state index in [0.717, 1.165) is 12.8 Å². The highest BCUT2D eigenvalue weighted by atomic mass is 19.1. The van der Waals surface area contributed by atoms with Crippen LogP contribution in [0.2, 0.25) is 0 Å². The van der Waals surface area contributed by atoms with E-state index in [2.05, 4.69) is 5.32 Å². The number of halogens is 1. The van der Waals surface area contributed by atoms with Gasteiger partial charge in [-0.05, 0) is 78.8 Å². The van der Waals surface area contributed by atoms with E-state index in [9.17, 15) is 23.9 Å². The highest BCUT2D eigenvalue weighted by Gasteiger charge is 2.24. The van der Waals surface area contributed by atoms with Crippen LogP contribution in [0.5, 0.6) is 11.5 Å². The number of benzene rings is 3. The largest absolute Gasteiger partial charge is 0.493 e. The fraction of sp³-hybridized carbons (Fsp3) is 0.300. The third-order valence-electron chi connectivity index (χ3n) is 6.25. The molecule has 0 bridgehead atoms. The molecule has 9 heteroatoms. The van der Waals surface area contributed by atoms with Gasteiger partial charge in [0.05, 0.1) is 6.61 Å². The Labute approximate surface area is 225 Å². The van der Waals surface area contributed by atoms with E-state index in [1.54, 1.807) is 48.5 Å². The maximum Gasteiger partial charge on any atom is 0.303 e. The van der Waals surface area contributed by atoms with Gasteiger partial charge < -0.3 is 25.0 Å². The Morgan fingerprint density at radius 2 is 1.67 bits per heavy atom. The number of hydrogen-bond donors (Lipinski definition) is 3. The summed E-state index contributed by atoms with van der Waals surface area (Å²) in [4.78, 5) is 34.9. The zero-order chi connectivity index (χ0) is 27.8. The maximum absolute atomic E-state index is 13.9.